The van der Waals surface area contributed by atoms with E-state index in [-0.39, 0.29) is 6.54 Å². The molecule has 0 aromatic rings. The first-order valence-electron chi connectivity index (χ1n) is 6.34. The molecule has 0 aromatic heterocycles. The first kappa shape index (κ1) is 15.4. The van der Waals surface area contributed by atoms with Crippen LogP contribution in [0, 0.1) is 0 Å². The van der Waals surface area contributed by atoms with Crippen LogP contribution < -0.4 is 0 Å². The van der Waals surface area contributed by atoms with E-state index in [1.165, 1.54) is 15.7 Å². The number of hydrogen-bond donors (Lipinski definition) is 0. The second kappa shape index (κ2) is 7.06. The molecule has 1 fully saturated rings. The van der Waals surface area contributed by atoms with Gasteiger partial charge >= 0.3 is 5.97 Å². The Hall–Kier alpha value is -0.660. The highest BCUT2D eigenvalue weighted by molar-refractivity contribution is 7.86. The Morgan fingerprint density at radius 2 is 1.89 bits per heavy atom. The number of piperidine rings is 1. The molecule has 0 radical (unpaired) electrons. The third kappa shape index (κ3) is 3.93. The van der Waals surface area contributed by atoms with Crippen molar-refractivity contribution in [3.05, 3.63) is 0 Å². The van der Waals surface area contributed by atoms with E-state index in [1.54, 1.807) is 0 Å². The van der Waals surface area contributed by atoms with Gasteiger partial charge in [0.1, 0.15) is 6.54 Å². The maximum Gasteiger partial charge on any atom is 0.321 e. The minimum Gasteiger partial charge on any atom is -0.468 e. The molecule has 0 atom stereocenters. The fraction of sp³-hybridized carbons (Fsp3) is 0.909. The summed E-state index contributed by atoms with van der Waals surface area (Å²) < 4.78 is 32.0. The Bertz CT molecular complexity index is 363. The van der Waals surface area contributed by atoms with Crippen LogP contribution in [0.4, 0.5) is 0 Å². The Morgan fingerprint density at radius 1 is 1.28 bits per heavy atom. The normalized spacial score (nSPS) is 17.9. The van der Waals surface area contributed by atoms with E-state index in [1.807, 2.05) is 6.92 Å². The Kier molecular flexibility index (Phi) is 6.04. The van der Waals surface area contributed by atoms with Gasteiger partial charge in [0.2, 0.25) is 0 Å². The molecular weight excluding hydrogens is 256 g/mol. The predicted molar refractivity (Wildman–Crippen MR) is 68.2 cm³/mol. The number of hydrogen-bond acceptors (Lipinski definition) is 4. The first-order chi connectivity index (χ1) is 8.52. The van der Waals surface area contributed by atoms with E-state index in [0.29, 0.717) is 26.1 Å². The van der Waals surface area contributed by atoms with Crippen LogP contribution in [0.15, 0.2) is 0 Å². The summed E-state index contributed by atoms with van der Waals surface area (Å²) in [6.07, 6.45) is 3.51. The zero-order chi connectivity index (χ0) is 13.6. The molecule has 0 aromatic carbocycles. The van der Waals surface area contributed by atoms with E-state index in [2.05, 4.69) is 4.74 Å². The van der Waals surface area contributed by atoms with Crippen LogP contribution in [0.3, 0.4) is 0 Å². The molecule has 0 aliphatic carbocycles. The molecule has 18 heavy (non-hydrogen) atoms. The molecule has 7 heteroatoms. The maximum absolute atomic E-state index is 12.4. The molecule has 1 saturated heterocycles. The van der Waals surface area contributed by atoms with Gasteiger partial charge in [-0.1, -0.05) is 13.3 Å². The minimum absolute atomic E-state index is 0.205. The maximum atomic E-state index is 12.4. The van der Waals surface area contributed by atoms with Crippen LogP contribution in [0.2, 0.25) is 0 Å². The SMILES string of the molecule is CCCN(CC(=O)OC)S(=O)(=O)N1CCCCC1. The molecule has 0 saturated carbocycles. The largest absolute Gasteiger partial charge is 0.468 e. The fourth-order valence-corrected chi connectivity index (χ4v) is 3.72. The lowest BCUT2D eigenvalue weighted by molar-refractivity contribution is -0.140. The lowest BCUT2D eigenvalue weighted by Crippen LogP contribution is -2.48. The van der Waals surface area contributed by atoms with Crippen molar-refractivity contribution in [3.8, 4) is 0 Å². The average molecular weight is 278 g/mol. The van der Waals surface area contributed by atoms with Crippen molar-refractivity contribution in [2.45, 2.75) is 32.6 Å². The lowest BCUT2D eigenvalue weighted by atomic mass is 10.2. The number of nitrogens with zero attached hydrogens (tertiary/aromatic N) is 2. The highest BCUT2D eigenvalue weighted by atomic mass is 32.2. The van der Waals surface area contributed by atoms with Gasteiger partial charge < -0.3 is 4.74 Å². The van der Waals surface area contributed by atoms with Gasteiger partial charge in [-0.2, -0.15) is 17.0 Å². The lowest BCUT2D eigenvalue weighted by Gasteiger charge is -2.31. The fourth-order valence-electron chi connectivity index (χ4n) is 1.99. The second-order valence-corrected chi connectivity index (χ2v) is 6.31. The number of methoxy groups -OCH3 is 1. The standard InChI is InChI=1S/C11H22N2O4S/c1-3-7-13(10-11(14)17-2)18(15,16)12-8-5-4-6-9-12/h3-10H2,1-2H3. The van der Waals surface area contributed by atoms with E-state index >= 15 is 0 Å². The summed E-state index contributed by atoms with van der Waals surface area (Å²) >= 11 is 0. The van der Waals surface area contributed by atoms with Gasteiger partial charge in [0.15, 0.2) is 0 Å². The van der Waals surface area contributed by atoms with Gasteiger partial charge in [-0.3, -0.25) is 4.79 Å². The molecule has 1 aliphatic heterocycles. The van der Waals surface area contributed by atoms with Crippen molar-refractivity contribution in [1.82, 2.24) is 8.61 Å². The van der Waals surface area contributed by atoms with Crippen LogP contribution in [0.5, 0.6) is 0 Å². The van der Waals surface area contributed by atoms with Crippen LogP contribution in [0.25, 0.3) is 0 Å². The summed E-state index contributed by atoms with van der Waals surface area (Å²) in [6, 6.07) is 0. The molecule has 1 aliphatic rings. The Morgan fingerprint density at radius 3 is 2.39 bits per heavy atom. The Labute approximate surface area is 109 Å². The molecular formula is C11H22N2O4S. The van der Waals surface area contributed by atoms with Gasteiger partial charge in [-0.05, 0) is 19.3 Å². The molecule has 106 valence electrons. The van der Waals surface area contributed by atoms with E-state index in [4.69, 9.17) is 0 Å². The van der Waals surface area contributed by atoms with Gasteiger partial charge in [0.05, 0.1) is 7.11 Å². The van der Waals surface area contributed by atoms with E-state index in [0.717, 1.165) is 19.3 Å². The van der Waals surface area contributed by atoms with Crippen molar-refractivity contribution < 1.29 is 17.9 Å². The van der Waals surface area contributed by atoms with E-state index < -0.39 is 16.2 Å². The average Bonchev–Trinajstić information content (AvgIpc) is 2.39. The number of carbonyl (C=O) groups is 1. The molecule has 0 bridgehead atoms. The molecule has 0 unspecified atom stereocenters. The van der Waals surface area contributed by atoms with Crippen molar-refractivity contribution in [1.29, 1.82) is 0 Å². The van der Waals surface area contributed by atoms with E-state index in [9.17, 15) is 13.2 Å². The summed E-state index contributed by atoms with van der Waals surface area (Å²) in [5, 5.41) is 0. The highest BCUT2D eigenvalue weighted by Gasteiger charge is 2.31. The second-order valence-electron chi connectivity index (χ2n) is 4.38. The minimum atomic E-state index is -3.53. The summed E-state index contributed by atoms with van der Waals surface area (Å²) in [7, 11) is -2.26. The molecule has 1 rings (SSSR count). The zero-order valence-corrected chi connectivity index (χ0v) is 11.9. The third-order valence-corrected chi connectivity index (χ3v) is 4.96. The summed E-state index contributed by atoms with van der Waals surface area (Å²) in [4.78, 5) is 11.3. The quantitative estimate of drug-likeness (QED) is 0.667. The number of rotatable bonds is 6. The summed E-state index contributed by atoms with van der Waals surface area (Å²) in [5.41, 5.74) is 0. The van der Waals surface area contributed by atoms with Gasteiger partial charge in [-0.15, -0.1) is 0 Å². The molecule has 6 nitrogen and oxygen atoms in total. The summed E-state index contributed by atoms with van der Waals surface area (Å²) in [6.45, 7) is 3.11. The molecule has 0 amide bonds. The highest BCUT2D eigenvalue weighted by Crippen LogP contribution is 2.16. The van der Waals surface area contributed by atoms with Crippen LogP contribution in [0.1, 0.15) is 32.6 Å². The van der Waals surface area contributed by atoms with Gasteiger partial charge in [0, 0.05) is 19.6 Å². The number of ether oxygens (including phenoxy) is 1. The van der Waals surface area contributed by atoms with Gasteiger partial charge in [-0.25, -0.2) is 0 Å². The van der Waals surface area contributed by atoms with Crippen LogP contribution >= 0.6 is 0 Å². The first-order valence-corrected chi connectivity index (χ1v) is 7.74. The van der Waals surface area contributed by atoms with Crippen LogP contribution in [-0.2, 0) is 19.7 Å². The molecule has 1 heterocycles. The zero-order valence-electron chi connectivity index (χ0n) is 11.1. The number of carbonyl (C=O) groups excluding carboxylic acids is 1. The van der Waals surface area contributed by atoms with Gasteiger partial charge in [0.25, 0.3) is 10.2 Å². The Balaban J connectivity index is 2.78. The monoisotopic (exact) mass is 278 g/mol. The topological polar surface area (TPSA) is 66.9 Å². The van der Waals surface area contributed by atoms with Crippen molar-refractivity contribution in [3.63, 3.8) is 0 Å². The smallest absolute Gasteiger partial charge is 0.321 e. The van der Waals surface area contributed by atoms with Crippen molar-refractivity contribution >= 4 is 16.2 Å². The van der Waals surface area contributed by atoms with Crippen molar-refractivity contribution in [2.24, 2.45) is 0 Å². The molecule has 0 N–H and O–H groups in total. The third-order valence-electron chi connectivity index (χ3n) is 2.97. The predicted octanol–water partition coefficient (Wildman–Crippen LogP) is 0.602. The molecule has 0 spiro atoms. The van der Waals surface area contributed by atoms with Crippen LogP contribution in [-0.4, -0.2) is 56.3 Å². The number of esters is 1. The summed E-state index contributed by atoms with van der Waals surface area (Å²) in [5.74, 6) is -0.524. The van der Waals surface area contributed by atoms with Crippen molar-refractivity contribution in [2.75, 3.05) is 33.3 Å².